The zero-order valence-electron chi connectivity index (χ0n) is 8.69. The molecule has 0 spiro atoms. The highest BCUT2D eigenvalue weighted by Gasteiger charge is 2.31. The smallest absolute Gasteiger partial charge is 0.0594 e. The summed E-state index contributed by atoms with van der Waals surface area (Å²) in [7, 11) is 0. The second-order valence-corrected chi connectivity index (χ2v) is 5.32. The lowest BCUT2D eigenvalue weighted by Gasteiger charge is -2.20. The molecule has 3 heteroatoms. The number of hydrogen-bond donors (Lipinski definition) is 1. The van der Waals surface area contributed by atoms with Gasteiger partial charge in [0, 0.05) is 28.3 Å². The van der Waals surface area contributed by atoms with Crippen molar-refractivity contribution in [2.45, 2.75) is 32.4 Å². The van der Waals surface area contributed by atoms with E-state index < -0.39 is 0 Å². The van der Waals surface area contributed by atoms with Crippen LogP contribution < -0.4 is 5.73 Å². The molecule has 0 saturated carbocycles. The maximum atomic E-state index is 6.23. The van der Waals surface area contributed by atoms with Crippen LogP contribution in [0.1, 0.15) is 29.1 Å². The van der Waals surface area contributed by atoms with E-state index in [1.54, 1.807) is 11.3 Å². The van der Waals surface area contributed by atoms with Crippen molar-refractivity contribution in [2.24, 2.45) is 11.7 Å². The second-order valence-electron chi connectivity index (χ2n) is 4.00. The van der Waals surface area contributed by atoms with Gasteiger partial charge in [0.1, 0.15) is 0 Å². The number of thiophene rings is 1. The third-order valence-corrected chi connectivity index (χ3v) is 4.09. The van der Waals surface area contributed by atoms with Crippen LogP contribution in [0.5, 0.6) is 0 Å². The minimum Gasteiger partial charge on any atom is -0.378 e. The molecule has 2 N–H and O–H groups in total. The minimum atomic E-state index is 0.159. The summed E-state index contributed by atoms with van der Waals surface area (Å²) in [6.45, 7) is 5.11. The lowest BCUT2D eigenvalue weighted by molar-refractivity contribution is 0.0998. The maximum Gasteiger partial charge on any atom is 0.0594 e. The molecule has 2 rings (SSSR count). The van der Waals surface area contributed by atoms with Gasteiger partial charge >= 0.3 is 0 Å². The molecular weight excluding hydrogens is 194 g/mol. The zero-order valence-corrected chi connectivity index (χ0v) is 9.51. The first-order valence-corrected chi connectivity index (χ1v) is 5.93. The first-order valence-electron chi connectivity index (χ1n) is 5.12. The van der Waals surface area contributed by atoms with Gasteiger partial charge in [-0.25, -0.2) is 0 Å². The van der Waals surface area contributed by atoms with Crippen LogP contribution in [0.2, 0.25) is 0 Å². The van der Waals surface area contributed by atoms with E-state index in [1.807, 2.05) is 0 Å². The average molecular weight is 211 g/mol. The number of rotatable bonds is 2. The standard InChI is InChI=1S/C11H17NOS/c1-7-3-4-10(14-7)11(12)9-5-6-13-8(9)2/h3-4,8-9,11H,5-6,12H2,1-2H3. The molecule has 78 valence electrons. The van der Waals surface area contributed by atoms with Crippen molar-refractivity contribution in [3.05, 3.63) is 21.9 Å². The van der Waals surface area contributed by atoms with Crippen LogP contribution >= 0.6 is 11.3 Å². The zero-order chi connectivity index (χ0) is 10.1. The summed E-state index contributed by atoms with van der Waals surface area (Å²) in [5.41, 5.74) is 6.23. The molecule has 1 aliphatic heterocycles. The molecule has 2 nitrogen and oxygen atoms in total. The molecule has 0 aromatic carbocycles. The number of nitrogens with two attached hydrogens (primary N) is 1. The largest absolute Gasteiger partial charge is 0.378 e. The molecule has 3 unspecified atom stereocenters. The summed E-state index contributed by atoms with van der Waals surface area (Å²) in [5.74, 6) is 0.494. The van der Waals surface area contributed by atoms with Gasteiger partial charge in [0.15, 0.2) is 0 Å². The van der Waals surface area contributed by atoms with E-state index in [-0.39, 0.29) is 6.04 Å². The van der Waals surface area contributed by atoms with E-state index in [9.17, 15) is 0 Å². The average Bonchev–Trinajstić information content (AvgIpc) is 2.73. The molecule has 3 atom stereocenters. The Morgan fingerprint density at radius 1 is 1.57 bits per heavy atom. The van der Waals surface area contributed by atoms with E-state index in [2.05, 4.69) is 26.0 Å². The Morgan fingerprint density at radius 3 is 2.86 bits per heavy atom. The van der Waals surface area contributed by atoms with Crippen LogP contribution in [0.4, 0.5) is 0 Å². The first kappa shape index (κ1) is 10.1. The van der Waals surface area contributed by atoms with Crippen LogP contribution in [0.3, 0.4) is 0 Å². The Kier molecular flexibility index (Phi) is 2.91. The summed E-state index contributed by atoms with van der Waals surface area (Å²) < 4.78 is 5.54. The maximum absolute atomic E-state index is 6.23. The number of hydrogen-bond acceptors (Lipinski definition) is 3. The van der Waals surface area contributed by atoms with E-state index in [0.29, 0.717) is 12.0 Å². The molecule has 14 heavy (non-hydrogen) atoms. The highest BCUT2D eigenvalue weighted by atomic mass is 32.1. The van der Waals surface area contributed by atoms with E-state index in [4.69, 9.17) is 10.5 Å². The van der Waals surface area contributed by atoms with Gasteiger partial charge in [-0.3, -0.25) is 0 Å². The Balaban J connectivity index is 2.11. The van der Waals surface area contributed by atoms with Gasteiger partial charge < -0.3 is 10.5 Å². The minimum absolute atomic E-state index is 0.159. The van der Waals surface area contributed by atoms with Crippen LogP contribution in [-0.4, -0.2) is 12.7 Å². The third kappa shape index (κ3) is 1.85. The van der Waals surface area contributed by atoms with E-state index in [0.717, 1.165) is 13.0 Å². The quantitative estimate of drug-likeness (QED) is 0.815. The van der Waals surface area contributed by atoms with Crippen molar-refractivity contribution < 1.29 is 4.74 Å². The van der Waals surface area contributed by atoms with Gasteiger partial charge in [-0.1, -0.05) is 0 Å². The Labute approximate surface area is 89.1 Å². The highest BCUT2D eigenvalue weighted by molar-refractivity contribution is 7.12. The topological polar surface area (TPSA) is 35.2 Å². The third-order valence-electron chi connectivity index (χ3n) is 2.99. The molecule has 0 radical (unpaired) electrons. The van der Waals surface area contributed by atoms with Gasteiger partial charge in [0.2, 0.25) is 0 Å². The molecule has 1 aromatic rings. The summed E-state index contributed by atoms with van der Waals surface area (Å²) in [4.78, 5) is 2.63. The van der Waals surface area contributed by atoms with Crippen LogP contribution in [-0.2, 0) is 4.74 Å². The molecule has 0 aliphatic carbocycles. The lowest BCUT2D eigenvalue weighted by atomic mass is 9.93. The molecule has 1 saturated heterocycles. The monoisotopic (exact) mass is 211 g/mol. The van der Waals surface area contributed by atoms with E-state index in [1.165, 1.54) is 9.75 Å². The van der Waals surface area contributed by atoms with Crippen LogP contribution in [0, 0.1) is 12.8 Å². The van der Waals surface area contributed by atoms with E-state index >= 15 is 0 Å². The van der Waals surface area contributed by atoms with Gasteiger partial charge in [0.25, 0.3) is 0 Å². The lowest BCUT2D eigenvalue weighted by Crippen LogP contribution is -2.25. The first-order chi connectivity index (χ1) is 6.68. The van der Waals surface area contributed by atoms with Crippen molar-refractivity contribution in [1.29, 1.82) is 0 Å². The molecule has 2 heterocycles. The Morgan fingerprint density at radius 2 is 2.36 bits per heavy atom. The normalized spacial score (nSPS) is 29.4. The van der Waals surface area contributed by atoms with Crippen LogP contribution in [0.15, 0.2) is 12.1 Å². The molecular formula is C11H17NOS. The fourth-order valence-corrected chi connectivity index (χ4v) is 3.02. The predicted molar refractivity (Wildman–Crippen MR) is 59.5 cm³/mol. The SMILES string of the molecule is Cc1ccc(C(N)C2CCOC2C)s1. The fraction of sp³-hybridized carbons (Fsp3) is 0.636. The van der Waals surface area contributed by atoms with Crippen molar-refractivity contribution in [2.75, 3.05) is 6.61 Å². The predicted octanol–water partition coefficient (Wildman–Crippen LogP) is 2.48. The van der Waals surface area contributed by atoms with Crippen molar-refractivity contribution in [3.63, 3.8) is 0 Å². The van der Waals surface area contributed by atoms with Gasteiger partial charge in [0.05, 0.1) is 6.10 Å². The van der Waals surface area contributed by atoms with Gasteiger partial charge in [-0.05, 0) is 32.4 Å². The van der Waals surface area contributed by atoms with Crippen molar-refractivity contribution in [1.82, 2.24) is 0 Å². The number of aryl methyl sites for hydroxylation is 1. The highest BCUT2D eigenvalue weighted by Crippen LogP contribution is 2.34. The van der Waals surface area contributed by atoms with Gasteiger partial charge in [-0.15, -0.1) is 11.3 Å². The Bertz CT molecular complexity index is 310. The summed E-state index contributed by atoms with van der Waals surface area (Å²) >= 11 is 1.80. The van der Waals surface area contributed by atoms with Crippen molar-refractivity contribution >= 4 is 11.3 Å². The van der Waals surface area contributed by atoms with Crippen molar-refractivity contribution in [3.8, 4) is 0 Å². The molecule has 1 fully saturated rings. The number of ether oxygens (including phenoxy) is 1. The molecule has 0 bridgehead atoms. The second kappa shape index (κ2) is 4.01. The summed E-state index contributed by atoms with van der Waals surface area (Å²) in [5, 5.41) is 0. The van der Waals surface area contributed by atoms with Gasteiger partial charge in [-0.2, -0.15) is 0 Å². The summed E-state index contributed by atoms with van der Waals surface area (Å²) in [6, 6.07) is 4.45. The molecule has 1 aliphatic rings. The molecule has 0 amide bonds. The fourth-order valence-electron chi connectivity index (χ4n) is 2.06. The molecule has 1 aromatic heterocycles. The van der Waals surface area contributed by atoms with Crippen LogP contribution in [0.25, 0.3) is 0 Å². The Hall–Kier alpha value is -0.380. The summed E-state index contributed by atoms with van der Waals surface area (Å²) in [6.07, 6.45) is 1.41.